The number of aryl methyl sites for hydroxylation is 1. The number of carbonyl (C=O) groups excluding carboxylic acids is 1. The largest absolute Gasteiger partial charge is 0.383 e. The smallest absolute Gasteiger partial charge is 0.330 e. The third-order valence-electron chi connectivity index (χ3n) is 5.94. The van der Waals surface area contributed by atoms with Gasteiger partial charge in [-0.05, 0) is 28.5 Å². The zero-order valence-electron chi connectivity index (χ0n) is 20.8. The summed E-state index contributed by atoms with van der Waals surface area (Å²) in [4.78, 5) is 42.3. The van der Waals surface area contributed by atoms with Gasteiger partial charge in [0.1, 0.15) is 5.82 Å². The van der Waals surface area contributed by atoms with Crippen molar-refractivity contribution in [1.29, 1.82) is 0 Å². The summed E-state index contributed by atoms with van der Waals surface area (Å²) < 4.78 is 6.28. The van der Waals surface area contributed by atoms with Crippen molar-refractivity contribution in [1.82, 2.24) is 9.55 Å². The Morgan fingerprint density at radius 2 is 1.69 bits per heavy atom. The minimum atomic E-state index is -0.694. The number of nitrogen functional groups attached to an aromatic ring is 1. The molecule has 8 heteroatoms. The molecule has 0 aliphatic rings. The molecule has 0 atom stereocenters. The van der Waals surface area contributed by atoms with E-state index in [4.69, 9.17) is 10.5 Å². The second-order valence-corrected chi connectivity index (χ2v) is 9.55. The molecular formula is C27H34N4O4. The van der Waals surface area contributed by atoms with Crippen LogP contribution in [0.3, 0.4) is 0 Å². The average molecular weight is 479 g/mol. The van der Waals surface area contributed by atoms with Gasteiger partial charge in [-0.15, -0.1) is 0 Å². The van der Waals surface area contributed by atoms with Crippen LogP contribution in [0.25, 0.3) is 0 Å². The third-order valence-corrected chi connectivity index (χ3v) is 5.94. The molecule has 1 heterocycles. The van der Waals surface area contributed by atoms with Crippen molar-refractivity contribution in [2.45, 2.75) is 52.1 Å². The summed E-state index contributed by atoms with van der Waals surface area (Å²) in [6, 6.07) is 17.6. The number of anilines is 2. The van der Waals surface area contributed by atoms with Crippen LogP contribution in [0.2, 0.25) is 0 Å². The van der Waals surface area contributed by atoms with E-state index >= 15 is 0 Å². The molecule has 8 nitrogen and oxygen atoms in total. The van der Waals surface area contributed by atoms with Gasteiger partial charge < -0.3 is 15.4 Å². The molecule has 0 saturated heterocycles. The minimum Gasteiger partial charge on any atom is -0.383 e. The van der Waals surface area contributed by atoms with Gasteiger partial charge in [-0.1, -0.05) is 75.4 Å². The van der Waals surface area contributed by atoms with Gasteiger partial charge in [0.15, 0.2) is 5.69 Å². The highest BCUT2D eigenvalue weighted by molar-refractivity contribution is 5.95. The van der Waals surface area contributed by atoms with Gasteiger partial charge in [-0.2, -0.15) is 0 Å². The maximum atomic E-state index is 13.5. The Morgan fingerprint density at radius 3 is 2.29 bits per heavy atom. The first kappa shape index (κ1) is 26.0. The fourth-order valence-electron chi connectivity index (χ4n) is 3.86. The molecule has 3 N–H and O–H groups in total. The second kappa shape index (κ2) is 11.2. The molecule has 3 aromatic rings. The summed E-state index contributed by atoms with van der Waals surface area (Å²) in [5, 5.41) is 0. The number of benzene rings is 2. The molecule has 1 aromatic heterocycles. The number of methoxy groups -OCH3 is 1. The lowest BCUT2D eigenvalue weighted by Gasteiger charge is -2.25. The van der Waals surface area contributed by atoms with Crippen molar-refractivity contribution in [2.75, 3.05) is 24.4 Å². The molecule has 0 spiro atoms. The number of H-pyrrole nitrogens is 1. The second-order valence-electron chi connectivity index (χ2n) is 9.55. The number of aromatic nitrogens is 2. The van der Waals surface area contributed by atoms with Crippen molar-refractivity contribution in [3.8, 4) is 0 Å². The van der Waals surface area contributed by atoms with Gasteiger partial charge >= 0.3 is 5.69 Å². The van der Waals surface area contributed by atoms with E-state index in [9.17, 15) is 14.4 Å². The van der Waals surface area contributed by atoms with Crippen LogP contribution in [-0.2, 0) is 34.5 Å². The van der Waals surface area contributed by atoms with E-state index in [1.807, 2.05) is 42.5 Å². The highest BCUT2D eigenvalue weighted by atomic mass is 16.5. The molecule has 2 aromatic carbocycles. The van der Waals surface area contributed by atoms with Gasteiger partial charge in [-0.25, -0.2) is 4.79 Å². The number of amides is 1. The molecule has 0 aliphatic heterocycles. The number of nitrogens with one attached hydrogen (secondary N) is 1. The Balaban J connectivity index is 1.92. The number of nitrogens with zero attached hydrogens (tertiary/aromatic N) is 2. The SMILES string of the molecule is COCCn1c(N)c(N(Cc2ccccc2)C(=O)CCc2ccc(C(C)(C)C)cc2)c(=O)[nH]c1=O. The van der Waals surface area contributed by atoms with Gasteiger partial charge in [0.25, 0.3) is 5.56 Å². The molecule has 0 radical (unpaired) electrons. The highest BCUT2D eigenvalue weighted by Crippen LogP contribution is 2.24. The zero-order chi connectivity index (χ0) is 25.6. The fraction of sp³-hybridized carbons (Fsp3) is 0.370. The maximum absolute atomic E-state index is 13.5. The molecule has 0 fully saturated rings. The predicted molar refractivity (Wildman–Crippen MR) is 139 cm³/mol. The number of aromatic amines is 1. The van der Waals surface area contributed by atoms with Gasteiger partial charge in [0.2, 0.25) is 5.91 Å². The molecular weight excluding hydrogens is 444 g/mol. The highest BCUT2D eigenvalue weighted by Gasteiger charge is 2.24. The molecule has 3 rings (SSSR count). The zero-order valence-corrected chi connectivity index (χ0v) is 20.8. The first-order valence-electron chi connectivity index (χ1n) is 11.7. The molecule has 0 unspecified atom stereocenters. The standard InChI is InChI=1S/C27H34N4O4/c1-27(2,3)21-13-10-19(11-14-21)12-15-22(32)31(18-20-8-6-5-7-9-20)23-24(28)30(16-17-35-4)26(34)29-25(23)33/h5-11,13-14H,12,15-18,28H2,1-4H3,(H,29,33,34). The van der Waals surface area contributed by atoms with E-state index in [-0.39, 0.29) is 48.9 Å². The van der Waals surface area contributed by atoms with Crippen LogP contribution in [-0.4, -0.2) is 29.2 Å². The van der Waals surface area contributed by atoms with Crippen LogP contribution in [0.5, 0.6) is 0 Å². The molecule has 0 bridgehead atoms. The molecule has 186 valence electrons. The quantitative estimate of drug-likeness (QED) is 0.491. The Bertz CT molecular complexity index is 1260. The monoisotopic (exact) mass is 478 g/mol. The van der Waals surface area contributed by atoms with Crippen LogP contribution < -0.4 is 21.9 Å². The summed E-state index contributed by atoms with van der Waals surface area (Å²) in [7, 11) is 1.51. The van der Waals surface area contributed by atoms with Gasteiger partial charge in [0.05, 0.1) is 19.7 Å². The van der Waals surface area contributed by atoms with Crippen molar-refractivity contribution in [2.24, 2.45) is 0 Å². The molecule has 1 amide bonds. The van der Waals surface area contributed by atoms with Crippen molar-refractivity contribution in [3.05, 3.63) is 92.1 Å². The average Bonchev–Trinajstić information content (AvgIpc) is 2.82. The van der Waals surface area contributed by atoms with E-state index in [1.54, 1.807) is 0 Å². The van der Waals surface area contributed by atoms with E-state index < -0.39 is 11.2 Å². The summed E-state index contributed by atoms with van der Waals surface area (Å²) in [5.74, 6) is -0.322. The topological polar surface area (TPSA) is 110 Å². The predicted octanol–water partition coefficient (Wildman–Crippen LogP) is 3.23. The fourth-order valence-corrected chi connectivity index (χ4v) is 3.86. The van der Waals surface area contributed by atoms with Crippen LogP contribution in [0.15, 0.2) is 64.2 Å². The number of hydrogen-bond donors (Lipinski definition) is 2. The summed E-state index contributed by atoms with van der Waals surface area (Å²) in [6.45, 7) is 6.99. The van der Waals surface area contributed by atoms with Crippen LogP contribution in [0, 0.1) is 0 Å². The van der Waals surface area contributed by atoms with E-state index in [0.717, 1.165) is 11.1 Å². The normalized spacial score (nSPS) is 11.4. The number of ether oxygens (including phenoxy) is 1. The Kier molecular flexibility index (Phi) is 8.30. The Morgan fingerprint density at radius 1 is 1.03 bits per heavy atom. The Labute approximate surface area is 205 Å². The van der Waals surface area contributed by atoms with Gasteiger partial charge in [0, 0.05) is 13.5 Å². The number of carbonyl (C=O) groups is 1. The number of rotatable bonds is 9. The van der Waals surface area contributed by atoms with Crippen LogP contribution >= 0.6 is 0 Å². The molecule has 35 heavy (non-hydrogen) atoms. The van der Waals surface area contributed by atoms with E-state index in [1.165, 1.54) is 22.1 Å². The summed E-state index contributed by atoms with van der Waals surface area (Å²) >= 11 is 0. The van der Waals surface area contributed by atoms with Gasteiger partial charge in [-0.3, -0.25) is 19.1 Å². The summed E-state index contributed by atoms with van der Waals surface area (Å²) in [6.07, 6.45) is 0.688. The first-order chi connectivity index (χ1) is 16.6. The van der Waals surface area contributed by atoms with Crippen LogP contribution in [0.4, 0.5) is 11.5 Å². The van der Waals surface area contributed by atoms with Crippen molar-refractivity contribution >= 4 is 17.4 Å². The van der Waals surface area contributed by atoms with Crippen molar-refractivity contribution in [3.63, 3.8) is 0 Å². The Hall–Kier alpha value is -3.65. The van der Waals surface area contributed by atoms with Crippen molar-refractivity contribution < 1.29 is 9.53 Å². The van der Waals surface area contributed by atoms with Crippen LogP contribution in [0.1, 0.15) is 43.9 Å². The first-order valence-corrected chi connectivity index (χ1v) is 11.7. The van der Waals surface area contributed by atoms with E-state index in [0.29, 0.717) is 6.42 Å². The number of hydrogen-bond acceptors (Lipinski definition) is 5. The molecule has 0 aliphatic carbocycles. The molecule has 0 saturated carbocycles. The lowest BCUT2D eigenvalue weighted by atomic mass is 9.86. The lowest BCUT2D eigenvalue weighted by Crippen LogP contribution is -2.41. The third kappa shape index (κ3) is 6.48. The lowest BCUT2D eigenvalue weighted by molar-refractivity contribution is -0.118. The summed E-state index contributed by atoms with van der Waals surface area (Å²) in [5.41, 5.74) is 8.04. The maximum Gasteiger partial charge on any atom is 0.330 e. The minimum absolute atomic E-state index is 0.0300. The number of nitrogens with two attached hydrogens (primary N) is 1. The van der Waals surface area contributed by atoms with E-state index in [2.05, 4.69) is 37.9 Å².